The third-order valence-corrected chi connectivity index (χ3v) is 9.75. The Morgan fingerprint density at radius 1 is 0.935 bits per heavy atom. The third-order valence-electron chi connectivity index (χ3n) is 8.43. The number of ether oxygens (including phenoxy) is 1. The fourth-order valence-electron chi connectivity index (χ4n) is 6.13. The second kappa shape index (κ2) is 13.1. The van der Waals surface area contributed by atoms with E-state index in [-0.39, 0.29) is 16.9 Å². The summed E-state index contributed by atoms with van der Waals surface area (Å²) in [4.78, 5) is 11.7. The molecule has 3 aromatic carbocycles. The van der Waals surface area contributed by atoms with Crippen molar-refractivity contribution in [1.82, 2.24) is 24.6 Å². The van der Waals surface area contributed by atoms with Crippen molar-refractivity contribution in [2.75, 3.05) is 11.3 Å². The highest BCUT2D eigenvalue weighted by atomic mass is 32.2. The summed E-state index contributed by atoms with van der Waals surface area (Å²) in [5.41, 5.74) is 7.61. The van der Waals surface area contributed by atoms with Gasteiger partial charge >= 0.3 is 0 Å². The van der Waals surface area contributed by atoms with Gasteiger partial charge in [-0.05, 0) is 74.1 Å². The summed E-state index contributed by atoms with van der Waals surface area (Å²) >= 11 is 0. The van der Waals surface area contributed by atoms with Crippen LogP contribution >= 0.6 is 0 Å². The topological polar surface area (TPSA) is 102 Å². The Hall–Kier alpha value is -4.54. The van der Waals surface area contributed by atoms with Gasteiger partial charge in [-0.2, -0.15) is 10.1 Å². The van der Waals surface area contributed by atoms with E-state index in [0.29, 0.717) is 37.2 Å². The van der Waals surface area contributed by atoms with Crippen LogP contribution in [-0.2, 0) is 23.1 Å². The van der Waals surface area contributed by atoms with E-state index in [1.54, 1.807) is 24.3 Å². The average Bonchev–Trinajstić information content (AvgIpc) is 3.38. The second-order valence-corrected chi connectivity index (χ2v) is 14.1. The van der Waals surface area contributed by atoms with E-state index in [1.807, 2.05) is 79.3 Å². The molecule has 4 bridgehead atoms. The molecule has 0 spiro atoms. The van der Waals surface area contributed by atoms with Gasteiger partial charge in [0.05, 0.1) is 22.5 Å². The Bertz CT molecular complexity index is 1940. The fourth-order valence-corrected chi connectivity index (χ4v) is 7.14. The molecule has 9 nitrogen and oxygen atoms in total. The van der Waals surface area contributed by atoms with Crippen LogP contribution in [0.4, 0.5) is 5.95 Å². The van der Waals surface area contributed by atoms with Crippen molar-refractivity contribution in [3.63, 3.8) is 0 Å². The van der Waals surface area contributed by atoms with E-state index in [4.69, 9.17) is 9.84 Å². The van der Waals surface area contributed by atoms with Crippen LogP contribution in [0, 0.1) is 26.7 Å². The number of nitrogens with one attached hydrogen (secondary N) is 1. The number of sulfonamides is 1. The van der Waals surface area contributed by atoms with Crippen molar-refractivity contribution in [1.29, 1.82) is 0 Å². The highest BCUT2D eigenvalue weighted by molar-refractivity contribution is 7.92. The van der Waals surface area contributed by atoms with Crippen molar-refractivity contribution < 1.29 is 13.2 Å². The molecule has 1 N–H and O–H groups in total. The molecule has 5 aromatic rings. The highest BCUT2D eigenvalue weighted by Crippen LogP contribution is 2.31. The number of rotatable bonds is 6. The van der Waals surface area contributed by atoms with Crippen LogP contribution in [0.2, 0.25) is 0 Å². The van der Waals surface area contributed by atoms with E-state index >= 15 is 0 Å². The van der Waals surface area contributed by atoms with Crippen molar-refractivity contribution in [3.05, 3.63) is 113 Å². The molecule has 10 heteroatoms. The van der Waals surface area contributed by atoms with Gasteiger partial charge in [0.2, 0.25) is 11.8 Å². The number of benzene rings is 3. The highest BCUT2D eigenvalue weighted by Gasteiger charge is 2.26. The van der Waals surface area contributed by atoms with Crippen LogP contribution in [0.15, 0.2) is 90.0 Å². The summed E-state index contributed by atoms with van der Waals surface area (Å²) in [6, 6.07) is 25.0. The number of aromatic nitrogens is 4. The monoisotopic (exact) mass is 636 g/mol. The summed E-state index contributed by atoms with van der Waals surface area (Å²) in [5, 5.41) is 4.72. The summed E-state index contributed by atoms with van der Waals surface area (Å²) in [6.45, 7) is 12.0. The summed E-state index contributed by atoms with van der Waals surface area (Å²) in [7, 11) is -3.98. The molecular formula is C36H40N6O3S. The number of anilines is 1. The zero-order valence-electron chi connectivity index (χ0n) is 26.9. The lowest BCUT2D eigenvalue weighted by Gasteiger charge is -2.33. The Balaban J connectivity index is 1.44. The first-order valence-corrected chi connectivity index (χ1v) is 17.1. The quantitative estimate of drug-likeness (QED) is 0.217. The third kappa shape index (κ3) is 6.83. The predicted molar refractivity (Wildman–Crippen MR) is 180 cm³/mol. The van der Waals surface area contributed by atoms with Crippen LogP contribution < -0.4 is 9.46 Å². The van der Waals surface area contributed by atoms with E-state index in [0.717, 1.165) is 45.6 Å². The number of nitrogens with zero attached hydrogens (tertiary/aromatic N) is 5. The van der Waals surface area contributed by atoms with E-state index in [9.17, 15) is 8.42 Å². The molecule has 238 valence electrons. The van der Waals surface area contributed by atoms with Gasteiger partial charge in [0.15, 0.2) is 0 Å². The van der Waals surface area contributed by atoms with Crippen LogP contribution in [0.1, 0.15) is 48.2 Å². The number of fused-ring (bicyclic) bond motifs is 4. The molecule has 0 radical (unpaired) electrons. The summed E-state index contributed by atoms with van der Waals surface area (Å²) < 4.78 is 38.4. The molecule has 3 heterocycles. The van der Waals surface area contributed by atoms with Crippen molar-refractivity contribution in [3.8, 4) is 22.8 Å². The van der Waals surface area contributed by atoms with Gasteiger partial charge in [0.1, 0.15) is 6.61 Å². The molecule has 1 aliphatic heterocycles. The van der Waals surface area contributed by atoms with Gasteiger partial charge in [-0.3, -0.25) is 4.90 Å². The minimum absolute atomic E-state index is 0.00415. The average molecular weight is 637 g/mol. The normalized spacial score (nSPS) is 16.5. The first kappa shape index (κ1) is 31.4. The lowest BCUT2D eigenvalue weighted by atomic mass is 10.00. The smallest absolute Gasteiger partial charge is 0.264 e. The molecule has 46 heavy (non-hydrogen) atoms. The van der Waals surface area contributed by atoms with Gasteiger partial charge in [-0.25, -0.2) is 22.8 Å². The number of aryl methyl sites for hydroxylation is 2. The summed E-state index contributed by atoms with van der Waals surface area (Å²) in [6.07, 6.45) is 2.79. The zero-order chi connectivity index (χ0) is 32.4. The molecule has 0 amide bonds. The first-order valence-electron chi connectivity index (χ1n) is 15.6. The number of hydrogen-bond acceptors (Lipinski definition) is 7. The molecule has 0 unspecified atom stereocenters. The molecule has 6 rings (SSSR count). The first-order chi connectivity index (χ1) is 22.1. The van der Waals surface area contributed by atoms with E-state index in [2.05, 4.69) is 40.4 Å². The van der Waals surface area contributed by atoms with Crippen LogP contribution in [0.25, 0.3) is 16.9 Å². The predicted octanol–water partition coefficient (Wildman–Crippen LogP) is 6.86. The molecule has 0 fully saturated rings. The lowest BCUT2D eigenvalue weighted by molar-refractivity contribution is 0.102. The summed E-state index contributed by atoms with van der Waals surface area (Å²) in [5.74, 6) is 0.679. The van der Waals surface area contributed by atoms with Crippen molar-refractivity contribution in [2.24, 2.45) is 5.92 Å². The van der Waals surface area contributed by atoms with Gasteiger partial charge in [-0.1, -0.05) is 62.4 Å². The van der Waals surface area contributed by atoms with Crippen LogP contribution in [0.3, 0.4) is 0 Å². The molecule has 2 aromatic heterocycles. The molecule has 0 aliphatic carbocycles. The van der Waals surface area contributed by atoms with Crippen molar-refractivity contribution in [2.45, 2.75) is 65.1 Å². The van der Waals surface area contributed by atoms with Crippen LogP contribution in [-0.4, -0.2) is 45.7 Å². The Morgan fingerprint density at radius 3 is 2.41 bits per heavy atom. The Kier molecular flexibility index (Phi) is 8.93. The largest absolute Gasteiger partial charge is 0.476 e. The Labute approximate surface area is 271 Å². The minimum Gasteiger partial charge on any atom is -0.476 e. The number of hydrogen-bond donors (Lipinski definition) is 1. The molecule has 0 saturated carbocycles. The number of para-hydroxylation sites is 1. The maximum Gasteiger partial charge on any atom is 0.264 e. The van der Waals surface area contributed by atoms with E-state index < -0.39 is 10.0 Å². The molecule has 0 saturated heterocycles. The minimum atomic E-state index is -3.98. The van der Waals surface area contributed by atoms with Crippen molar-refractivity contribution >= 4 is 16.0 Å². The molecule has 1 aliphatic rings. The van der Waals surface area contributed by atoms with Gasteiger partial charge in [0, 0.05) is 42.0 Å². The second-order valence-electron chi connectivity index (χ2n) is 12.4. The van der Waals surface area contributed by atoms with Gasteiger partial charge in [0.25, 0.3) is 10.0 Å². The Morgan fingerprint density at radius 2 is 1.67 bits per heavy atom. The zero-order valence-corrected chi connectivity index (χ0v) is 27.8. The standard InChI is InChI=1S/C36H40N6O3S/c1-24(2)17-31-23-45-34-19-33(35-25(3)11-9-12-26(35)4)38-36(39-34)40-46(43,44)32-16-10-13-28(18-32)21-41(31)22-29-20-37-42(27(29)5)30-14-7-6-8-15-30/h6-16,18-20,24,31H,17,21-23H2,1-5H3,(H,38,39,40)/t31-/m1/s1. The SMILES string of the molecule is Cc1cccc(C)c1-c1cc2nc(n1)NS(=O)(=O)c1cccc(c1)CN(Cc1cnn(-c3ccccc3)c1C)[C@H](CC(C)C)CO2. The van der Waals surface area contributed by atoms with Gasteiger partial charge in [-0.15, -0.1) is 0 Å². The molecular weight excluding hydrogens is 597 g/mol. The van der Waals surface area contributed by atoms with Gasteiger partial charge < -0.3 is 4.74 Å². The van der Waals surface area contributed by atoms with Crippen LogP contribution in [0.5, 0.6) is 5.88 Å². The lowest BCUT2D eigenvalue weighted by Crippen LogP contribution is -2.40. The van der Waals surface area contributed by atoms with E-state index in [1.165, 1.54) is 0 Å². The maximum absolute atomic E-state index is 13.7. The molecule has 1 atom stereocenters. The fraction of sp³-hybridized carbons (Fsp3) is 0.306. The maximum atomic E-state index is 13.7.